The number of nitrogens with zero attached hydrogens (tertiary/aromatic N) is 1. The van der Waals surface area contributed by atoms with Crippen LogP contribution in [0.5, 0.6) is 0 Å². The SMILES string of the molecule is CCCN1C(=O)[C@@](O)(CC(=O)c2cc(C(C)C)ccc2C)c2ccccc21. The third kappa shape index (κ3) is 3.30. The lowest BCUT2D eigenvalue weighted by Gasteiger charge is -2.23. The predicted octanol–water partition coefficient (Wildman–Crippen LogP) is 4.34. The van der Waals surface area contributed by atoms with Crippen LogP contribution in [-0.2, 0) is 10.4 Å². The van der Waals surface area contributed by atoms with Gasteiger partial charge in [0, 0.05) is 17.7 Å². The van der Waals surface area contributed by atoms with Gasteiger partial charge in [-0.05, 0) is 42.5 Å². The van der Waals surface area contributed by atoms with Crippen LogP contribution in [0, 0.1) is 6.92 Å². The van der Waals surface area contributed by atoms with Crippen molar-refractivity contribution in [3.05, 3.63) is 64.7 Å². The minimum atomic E-state index is -1.80. The summed E-state index contributed by atoms with van der Waals surface area (Å²) in [7, 11) is 0. The van der Waals surface area contributed by atoms with Gasteiger partial charge in [-0.1, -0.05) is 51.1 Å². The summed E-state index contributed by atoms with van der Waals surface area (Å²) in [6, 6.07) is 13.1. The van der Waals surface area contributed by atoms with Crippen molar-refractivity contribution in [1.29, 1.82) is 0 Å². The van der Waals surface area contributed by atoms with E-state index in [2.05, 4.69) is 13.8 Å². The number of anilines is 1. The molecule has 0 unspecified atom stereocenters. The lowest BCUT2D eigenvalue weighted by Crippen LogP contribution is -2.42. The molecular weight excluding hydrogens is 338 g/mol. The number of rotatable bonds is 6. The fraction of sp³-hybridized carbons (Fsp3) is 0.391. The molecule has 1 N–H and O–H groups in total. The van der Waals surface area contributed by atoms with E-state index in [1.54, 1.807) is 17.0 Å². The molecule has 0 aromatic heterocycles. The van der Waals surface area contributed by atoms with Crippen LogP contribution in [-0.4, -0.2) is 23.3 Å². The Balaban J connectivity index is 1.98. The van der Waals surface area contributed by atoms with Gasteiger partial charge < -0.3 is 10.0 Å². The molecule has 0 radical (unpaired) electrons. The van der Waals surface area contributed by atoms with Gasteiger partial charge in [0.1, 0.15) is 0 Å². The number of aryl methyl sites for hydroxylation is 1. The Morgan fingerprint density at radius 1 is 1.19 bits per heavy atom. The Labute approximate surface area is 160 Å². The third-order valence-electron chi connectivity index (χ3n) is 5.33. The summed E-state index contributed by atoms with van der Waals surface area (Å²) < 4.78 is 0. The van der Waals surface area contributed by atoms with Gasteiger partial charge in [0.15, 0.2) is 11.4 Å². The van der Waals surface area contributed by atoms with E-state index in [4.69, 9.17) is 0 Å². The second-order valence-corrected chi connectivity index (χ2v) is 7.66. The predicted molar refractivity (Wildman–Crippen MR) is 107 cm³/mol. The summed E-state index contributed by atoms with van der Waals surface area (Å²) in [6.07, 6.45) is 0.533. The minimum absolute atomic E-state index is 0.209. The molecule has 0 bridgehead atoms. The Morgan fingerprint density at radius 2 is 1.89 bits per heavy atom. The number of hydrogen-bond donors (Lipinski definition) is 1. The number of fused-ring (bicyclic) bond motifs is 1. The number of amides is 1. The van der Waals surface area contributed by atoms with Gasteiger partial charge in [-0.15, -0.1) is 0 Å². The van der Waals surface area contributed by atoms with Crippen molar-refractivity contribution in [3.8, 4) is 0 Å². The molecule has 142 valence electrons. The van der Waals surface area contributed by atoms with E-state index in [9.17, 15) is 14.7 Å². The molecule has 4 heteroatoms. The zero-order valence-corrected chi connectivity index (χ0v) is 16.5. The first-order valence-corrected chi connectivity index (χ1v) is 9.57. The number of carbonyl (C=O) groups is 2. The maximum absolute atomic E-state index is 13.1. The number of benzene rings is 2. The summed E-state index contributed by atoms with van der Waals surface area (Å²) in [5.74, 6) is -0.315. The van der Waals surface area contributed by atoms with Crippen molar-refractivity contribution in [2.75, 3.05) is 11.4 Å². The molecule has 27 heavy (non-hydrogen) atoms. The molecule has 0 saturated heterocycles. The second-order valence-electron chi connectivity index (χ2n) is 7.66. The van der Waals surface area contributed by atoms with E-state index in [0.29, 0.717) is 29.3 Å². The summed E-state index contributed by atoms with van der Waals surface area (Å²) >= 11 is 0. The number of ketones is 1. The van der Waals surface area contributed by atoms with Crippen molar-refractivity contribution < 1.29 is 14.7 Å². The van der Waals surface area contributed by atoms with Crippen molar-refractivity contribution >= 4 is 17.4 Å². The molecule has 1 aliphatic rings. The largest absolute Gasteiger partial charge is 0.375 e. The summed E-state index contributed by atoms with van der Waals surface area (Å²) in [5, 5.41) is 11.3. The number of para-hydroxylation sites is 1. The average molecular weight is 365 g/mol. The monoisotopic (exact) mass is 365 g/mol. The maximum Gasteiger partial charge on any atom is 0.264 e. The molecule has 1 heterocycles. The van der Waals surface area contributed by atoms with Crippen LogP contribution in [0.25, 0.3) is 0 Å². The van der Waals surface area contributed by atoms with E-state index in [0.717, 1.165) is 17.5 Å². The van der Waals surface area contributed by atoms with E-state index in [-0.39, 0.29) is 12.2 Å². The van der Waals surface area contributed by atoms with Crippen LogP contribution in [0.4, 0.5) is 5.69 Å². The fourth-order valence-corrected chi connectivity index (χ4v) is 3.75. The first-order valence-electron chi connectivity index (χ1n) is 9.57. The molecule has 0 fully saturated rings. The minimum Gasteiger partial charge on any atom is -0.375 e. The molecule has 2 aromatic carbocycles. The molecule has 2 aromatic rings. The third-order valence-corrected chi connectivity index (χ3v) is 5.33. The molecule has 4 nitrogen and oxygen atoms in total. The summed E-state index contributed by atoms with van der Waals surface area (Å²) in [4.78, 5) is 27.7. The molecule has 1 atom stereocenters. The van der Waals surface area contributed by atoms with Crippen molar-refractivity contribution in [1.82, 2.24) is 0 Å². The van der Waals surface area contributed by atoms with E-state index in [1.165, 1.54) is 0 Å². The van der Waals surface area contributed by atoms with Gasteiger partial charge in [0.05, 0.1) is 12.1 Å². The van der Waals surface area contributed by atoms with Crippen molar-refractivity contribution in [2.24, 2.45) is 0 Å². The van der Waals surface area contributed by atoms with Crippen LogP contribution in [0.15, 0.2) is 42.5 Å². The van der Waals surface area contributed by atoms with Crippen LogP contribution in [0.3, 0.4) is 0 Å². The van der Waals surface area contributed by atoms with Crippen LogP contribution in [0.2, 0.25) is 0 Å². The fourth-order valence-electron chi connectivity index (χ4n) is 3.75. The zero-order valence-electron chi connectivity index (χ0n) is 16.5. The van der Waals surface area contributed by atoms with Crippen LogP contribution >= 0.6 is 0 Å². The molecular formula is C23H27NO3. The van der Waals surface area contributed by atoms with Gasteiger partial charge in [-0.25, -0.2) is 0 Å². The van der Waals surface area contributed by atoms with Gasteiger partial charge in [-0.3, -0.25) is 9.59 Å². The molecule has 0 saturated carbocycles. The average Bonchev–Trinajstić information content (AvgIpc) is 2.84. The highest BCUT2D eigenvalue weighted by Crippen LogP contribution is 2.43. The number of carbonyl (C=O) groups excluding carboxylic acids is 2. The van der Waals surface area contributed by atoms with Gasteiger partial charge >= 0.3 is 0 Å². The Morgan fingerprint density at radius 3 is 2.56 bits per heavy atom. The summed E-state index contributed by atoms with van der Waals surface area (Å²) in [6.45, 7) is 8.54. The molecule has 0 aliphatic carbocycles. The van der Waals surface area contributed by atoms with Crippen LogP contribution in [0.1, 0.15) is 66.6 Å². The van der Waals surface area contributed by atoms with Gasteiger partial charge in [0.2, 0.25) is 0 Å². The van der Waals surface area contributed by atoms with Gasteiger partial charge in [0.25, 0.3) is 5.91 Å². The Hall–Kier alpha value is -2.46. The lowest BCUT2D eigenvalue weighted by molar-refractivity contribution is -0.135. The maximum atomic E-state index is 13.1. The number of hydrogen-bond acceptors (Lipinski definition) is 3. The molecule has 1 amide bonds. The normalized spacial score (nSPS) is 18.9. The quantitative estimate of drug-likeness (QED) is 0.775. The standard InChI is InChI=1S/C23H27NO3/c1-5-12-24-20-9-7-6-8-19(20)23(27,22(24)26)14-21(25)18-13-17(15(2)3)11-10-16(18)4/h6-11,13,15,27H,5,12,14H2,1-4H3/t23-/m1/s1. The summed E-state index contributed by atoms with van der Waals surface area (Å²) in [5.41, 5.74) is 1.93. The van der Waals surface area contributed by atoms with Crippen LogP contribution < -0.4 is 4.90 Å². The topological polar surface area (TPSA) is 57.6 Å². The highest BCUT2D eigenvalue weighted by Gasteiger charge is 2.50. The van der Waals surface area contributed by atoms with E-state index < -0.39 is 11.5 Å². The lowest BCUT2D eigenvalue weighted by atomic mass is 9.86. The molecule has 0 spiro atoms. The Kier molecular flexibility index (Phi) is 5.20. The first kappa shape index (κ1) is 19.3. The van der Waals surface area contributed by atoms with Gasteiger partial charge in [-0.2, -0.15) is 0 Å². The van der Waals surface area contributed by atoms with Crippen molar-refractivity contribution in [3.63, 3.8) is 0 Å². The number of Topliss-reactive ketones (excluding diaryl/α,β-unsaturated/α-hetero) is 1. The van der Waals surface area contributed by atoms with Crippen molar-refractivity contribution in [2.45, 2.75) is 52.1 Å². The van der Waals surface area contributed by atoms with E-state index in [1.807, 2.05) is 44.2 Å². The number of aliphatic hydroxyl groups is 1. The smallest absolute Gasteiger partial charge is 0.264 e. The molecule has 3 rings (SSSR count). The second kappa shape index (κ2) is 7.28. The first-order chi connectivity index (χ1) is 12.8. The highest BCUT2D eigenvalue weighted by molar-refractivity contribution is 6.11. The van der Waals surface area contributed by atoms with E-state index >= 15 is 0 Å². The molecule has 1 aliphatic heterocycles. The Bertz CT molecular complexity index is 887. The highest BCUT2D eigenvalue weighted by atomic mass is 16.3. The zero-order chi connectivity index (χ0) is 19.8.